The van der Waals surface area contributed by atoms with Crippen LogP contribution in [0.15, 0.2) is 42.4 Å². The molecule has 1 aliphatic rings. The number of aromatic nitrogens is 1. The van der Waals surface area contributed by atoms with Crippen LogP contribution >= 0.6 is 0 Å². The Labute approximate surface area is 102 Å². The van der Waals surface area contributed by atoms with Gasteiger partial charge in [0, 0.05) is 45.3 Å². The Balaban J connectivity index is 1.95. The summed E-state index contributed by atoms with van der Waals surface area (Å²) in [5.74, 6) is 0.567. The Morgan fingerprint density at radius 3 is 2.76 bits per heavy atom. The molecule has 0 unspecified atom stereocenters. The van der Waals surface area contributed by atoms with Gasteiger partial charge in [0.05, 0.1) is 0 Å². The maximum absolute atomic E-state index is 5.56. The van der Waals surface area contributed by atoms with Crippen LogP contribution in [0.2, 0.25) is 0 Å². The second kappa shape index (κ2) is 4.91. The second-order valence-electron chi connectivity index (χ2n) is 4.36. The van der Waals surface area contributed by atoms with Gasteiger partial charge in [-0.3, -0.25) is 0 Å². The van der Waals surface area contributed by atoms with E-state index < -0.39 is 0 Å². The third-order valence-corrected chi connectivity index (χ3v) is 2.74. The zero-order valence-corrected chi connectivity index (χ0v) is 10.3. The van der Waals surface area contributed by atoms with Crippen LogP contribution in [0.25, 0.3) is 0 Å². The first-order chi connectivity index (χ1) is 8.15. The molecule has 0 spiro atoms. The predicted molar refractivity (Wildman–Crippen MR) is 70.0 cm³/mol. The lowest BCUT2D eigenvalue weighted by Crippen LogP contribution is -2.22. The lowest BCUT2D eigenvalue weighted by molar-refractivity contribution is 0.392. The molecule has 0 saturated carbocycles. The van der Waals surface area contributed by atoms with E-state index in [0.29, 0.717) is 5.82 Å². The summed E-state index contributed by atoms with van der Waals surface area (Å²) < 4.78 is 0. The third-order valence-electron chi connectivity index (χ3n) is 2.74. The molecule has 2 rings (SSSR count). The molecule has 0 atom stereocenters. The highest BCUT2D eigenvalue weighted by molar-refractivity contribution is 5.29. The largest absolute Gasteiger partial charge is 0.384 e. The van der Waals surface area contributed by atoms with Crippen molar-refractivity contribution in [3.05, 3.63) is 47.9 Å². The van der Waals surface area contributed by atoms with E-state index in [9.17, 15) is 0 Å². The predicted octanol–water partition coefficient (Wildman–Crippen LogP) is 1.44. The van der Waals surface area contributed by atoms with Gasteiger partial charge in [-0.2, -0.15) is 0 Å². The van der Waals surface area contributed by atoms with E-state index in [1.165, 1.54) is 11.3 Å². The number of rotatable bonds is 3. The number of nitrogen functional groups attached to an aromatic ring is 1. The first-order valence-electron chi connectivity index (χ1n) is 5.65. The number of anilines is 1. The minimum atomic E-state index is 0.567. The summed E-state index contributed by atoms with van der Waals surface area (Å²) in [7, 11) is 4.10. The minimum absolute atomic E-state index is 0.567. The fourth-order valence-electron chi connectivity index (χ4n) is 1.73. The van der Waals surface area contributed by atoms with Gasteiger partial charge in [0.1, 0.15) is 5.82 Å². The van der Waals surface area contributed by atoms with E-state index in [1.54, 1.807) is 0 Å². The van der Waals surface area contributed by atoms with Gasteiger partial charge in [-0.05, 0) is 23.8 Å². The van der Waals surface area contributed by atoms with Crippen LogP contribution in [0.4, 0.5) is 5.82 Å². The highest BCUT2D eigenvalue weighted by Crippen LogP contribution is 2.12. The van der Waals surface area contributed by atoms with Crippen molar-refractivity contribution < 1.29 is 0 Å². The molecule has 4 nitrogen and oxygen atoms in total. The van der Waals surface area contributed by atoms with Crippen molar-refractivity contribution in [1.82, 2.24) is 14.8 Å². The Bertz CT molecular complexity index is 431. The number of allylic oxidation sites excluding steroid dienone is 1. The van der Waals surface area contributed by atoms with Crippen molar-refractivity contribution in [3.8, 4) is 0 Å². The first kappa shape index (κ1) is 11.5. The quantitative estimate of drug-likeness (QED) is 0.853. The lowest BCUT2D eigenvalue weighted by Gasteiger charge is -2.25. The minimum Gasteiger partial charge on any atom is -0.384 e. The summed E-state index contributed by atoms with van der Waals surface area (Å²) in [6.07, 6.45) is 8.28. The summed E-state index contributed by atoms with van der Waals surface area (Å²) in [5, 5.41) is 0. The van der Waals surface area contributed by atoms with Crippen LogP contribution in [0, 0.1) is 0 Å². The smallest absolute Gasteiger partial charge is 0.123 e. The van der Waals surface area contributed by atoms with Crippen molar-refractivity contribution in [2.75, 3.05) is 26.4 Å². The molecule has 1 aromatic rings. The van der Waals surface area contributed by atoms with Crippen LogP contribution in [-0.4, -0.2) is 35.4 Å². The summed E-state index contributed by atoms with van der Waals surface area (Å²) in [5.41, 5.74) is 7.98. The molecular weight excluding hydrogens is 212 g/mol. The number of pyridine rings is 1. The normalized spacial score (nSPS) is 14.7. The lowest BCUT2D eigenvalue weighted by atomic mass is 10.2. The van der Waals surface area contributed by atoms with Gasteiger partial charge >= 0.3 is 0 Å². The molecule has 0 fully saturated rings. The van der Waals surface area contributed by atoms with Gasteiger partial charge in [-0.15, -0.1) is 0 Å². The zero-order chi connectivity index (χ0) is 12.3. The number of nitrogens with two attached hydrogens (primary N) is 1. The standard InChI is InChI=1S/C13H18N4/c1-16(2)12-5-7-17(8-6-12)10-11-3-4-13(14)15-9-11/h3-7,9H,8,10H2,1-2H3,(H2,14,15). The molecule has 1 aromatic heterocycles. The van der Waals surface area contributed by atoms with E-state index >= 15 is 0 Å². The fourth-order valence-corrected chi connectivity index (χ4v) is 1.73. The maximum atomic E-state index is 5.56. The SMILES string of the molecule is CN(C)C1=CCN(Cc2ccc(N)nc2)C=C1. The molecule has 0 radical (unpaired) electrons. The van der Waals surface area contributed by atoms with Gasteiger partial charge in [0.2, 0.25) is 0 Å². The van der Waals surface area contributed by atoms with Crippen molar-refractivity contribution >= 4 is 5.82 Å². The molecule has 4 heteroatoms. The zero-order valence-electron chi connectivity index (χ0n) is 10.3. The Morgan fingerprint density at radius 2 is 2.24 bits per heavy atom. The Kier molecular flexibility index (Phi) is 3.32. The van der Waals surface area contributed by atoms with E-state index in [1.807, 2.05) is 18.3 Å². The van der Waals surface area contributed by atoms with Crippen LogP contribution in [0.5, 0.6) is 0 Å². The van der Waals surface area contributed by atoms with Gasteiger partial charge in [0.15, 0.2) is 0 Å². The number of likely N-dealkylation sites (N-methyl/N-ethyl adjacent to an activating group) is 1. The van der Waals surface area contributed by atoms with Crippen molar-refractivity contribution in [2.24, 2.45) is 0 Å². The van der Waals surface area contributed by atoms with Gasteiger partial charge in [-0.1, -0.05) is 6.07 Å². The van der Waals surface area contributed by atoms with E-state index in [4.69, 9.17) is 5.73 Å². The summed E-state index contributed by atoms with van der Waals surface area (Å²) in [6.45, 7) is 1.79. The van der Waals surface area contributed by atoms with E-state index in [2.05, 4.69) is 47.2 Å². The topological polar surface area (TPSA) is 45.4 Å². The van der Waals surface area contributed by atoms with Crippen molar-refractivity contribution in [1.29, 1.82) is 0 Å². The van der Waals surface area contributed by atoms with Crippen LogP contribution in [-0.2, 0) is 6.54 Å². The highest BCUT2D eigenvalue weighted by Gasteiger charge is 2.06. The average molecular weight is 230 g/mol. The van der Waals surface area contributed by atoms with Crippen molar-refractivity contribution in [3.63, 3.8) is 0 Å². The van der Waals surface area contributed by atoms with Crippen LogP contribution in [0.1, 0.15) is 5.56 Å². The molecule has 0 aromatic carbocycles. The molecule has 0 aliphatic carbocycles. The van der Waals surface area contributed by atoms with Gasteiger partial charge in [0.25, 0.3) is 0 Å². The molecule has 17 heavy (non-hydrogen) atoms. The van der Waals surface area contributed by atoms with E-state index in [0.717, 1.165) is 13.1 Å². The highest BCUT2D eigenvalue weighted by atomic mass is 15.1. The monoisotopic (exact) mass is 230 g/mol. The second-order valence-corrected chi connectivity index (χ2v) is 4.36. The maximum Gasteiger partial charge on any atom is 0.123 e. The first-order valence-corrected chi connectivity index (χ1v) is 5.65. The average Bonchev–Trinajstić information content (AvgIpc) is 2.33. The molecule has 2 heterocycles. The number of hydrogen-bond acceptors (Lipinski definition) is 4. The Morgan fingerprint density at radius 1 is 1.41 bits per heavy atom. The van der Waals surface area contributed by atoms with Crippen molar-refractivity contribution in [2.45, 2.75) is 6.54 Å². The molecule has 0 saturated heterocycles. The summed E-state index contributed by atoms with van der Waals surface area (Å²) in [6, 6.07) is 3.85. The molecular formula is C13H18N4. The molecule has 90 valence electrons. The molecule has 0 amide bonds. The molecule has 2 N–H and O–H groups in total. The third kappa shape index (κ3) is 3.00. The van der Waals surface area contributed by atoms with Gasteiger partial charge < -0.3 is 15.5 Å². The Hall–Kier alpha value is -1.97. The fraction of sp³-hybridized carbons (Fsp3) is 0.308. The number of hydrogen-bond donors (Lipinski definition) is 1. The summed E-state index contributed by atoms with van der Waals surface area (Å²) >= 11 is 0. The van der Waals surface area contributed by atoms with E-state index in [-0.39, 0.29) is 0 Å². The van der Waals surface area contributed by atoms with Gasteiger partial charge in [-0.25, -0.2) is 4.98 Å². The number of nitrogens with zero attached hydrogens (tertiary/aromatic N) is 3. The summed E-state index contributed by atoms with van der Waals surface area (Å²) in [4.78, 5) is 8.44. The molecule has 0 bridgehead atoms. The van der Waals surface area contributed by atoms with Crippen LogP contribution < -0.4 is 5.73 Å². The molecule has 1 aliphatic heterocycles. The van der Waals surface area contributed by atoms with Crippen LogP contribution in [0.3, 0.4) is 0 Å².